The van der Waals surface area contributed by atoms with Crippen LogP contribution in [0.1, 0.15) is 16.2 Å². The topological polar surface area (TPSA) is 119 Å². The average molecular weight is 391 g/mol. The number of nitrogens with zero attached hydrogens (tertiary/aromatic N) is 5. The number of thiocarbonyl (C=S) groups is 1. The molecule has 0 aliphatic rings. The number of hydrogen-bond acceptors (Lipinski definition) is 7. The SMILES string of the molecule is COC(=S)NCc1cn(-c2ccc(-n3cnc(C(=O)NO)c3)c(F)c2)nn1. The van der Waals surface area contributed by atoms with Gasteiger partial charge in [0.15, 0.2) is 0 Å². The van der Waals surface area contributed by atoms with Crippen molar-refractivity contribution in [2.45, 2.75) is 6.54 Å². The Morgan fingerprint density at radius 2 is 2.22 bits per heavy atom. The predicted octanol–water partition coefficient (Wildman–Crippen LogP) is 0.732. The Balaban J connectivity index is 1.79. The van der Waals surface area contributed by atoms with Gasteiger partial charge in [0.05, 0.1) is 31.2 Å². The summed E-state index contributed by atoms with van der Waals surface area (Å²) in [6.45, 7) is 0.317. The Morgan fingerprint density at radius 1 is 1.41 bits per heavy atom. The van der Waals surface area contributed by atoms with Gasteiger partial charge in [-0.1, -0.05) is 5.21 Å². The van der Waals surface area contributed by atoms with Gasteiger partial charge in [0.25, 0.3) is 11.1 Å². The van der Waals surface area contributed by atoms with Crippen molar-refractivity contribution >= 4 is 23.3 Å². The number of nitrogens with one attached hydrogen (secondary N) is 2. The molecule has 140 valence electrons. The summed E-state index contributed by atoms with van der Waals surface area (Å²) in [4.78, 5) is 15.1. The molecule has 2 heterocycles. The molecule has 0 unspecified atom stereocenters. The van der Waals surface area contributed by atoms with Crippen LogP contribution in [0, 0.1) is 5.82 Å². The molecule has 2 aromatic heterocycles. The highest BCUT2D eigenvalue weighted by atomic mass is 32.1. The molecule has 1 amide bonds. The average Bonchev–Trinajstić information content (AvgIpc) is 3.35. The molecule has 0 fully saturated rings. The fourth-order valence-corrected chi connectivity index (χ4v) is 2.29. The molecule has 3 rings (SSSR count). The van der Waals surface area contributed by atoms with Crippen LogP contribution < -0.4 is 10.8 Å². The number of methoxy groups -OCH3 is 1. The zero-order valence-electron chi connectivity index (χ0n) is 14.0. The van der Waals surface area contributed by atoms with Crippen LogP contribution in [0.2, 0.25) is 0 Å². The van der Waals surface area contributed by atoms with Gasteiger partial charge < -0.3 is 14.6 Å². The number of carbonyl (C=O) groups excluding carboxylic acids is 1. The quantitative estimate of drug-likeness (QED) is 0.331. The molecular formula is C15H14FN7O3S. The zero-order valence-corrected chi connectivity index (χ0v) is 14.8. The monoisotopic (exact) mass is 391 g/mol. The van der Waals surface area contributed by atoms with E-state index in [0.29, 0.717) is 17.9 Å². The van der Waals surface area contributed by atoms with Gasteiger partial charge in [-0.15, -0.1) is 5.10 Å². The predicted molar refractivity (Wildman–Crippen MR) is 94.1 cm³/mol. The number of rotatable bonds is 5. The number of ether oxygens (including phenoxy) is 1. The number of benzene rings is 1. The van der Waals surface area contributed by atoms with Crippen LogP contribution in [0.3, 0.4) is 0 Å². The molecular weight excluding hydrogens is 377 g/mol. The van der Waals surface area contributed by atoms with Gasteiger partial charge in [0, 0.05) is 12.3 Å². The van der Waals surface area contributed by atoms with Crippen LogP contribution >= 0.6 is 12.2 Å². The van der Waals surface area contributed by atoms with Gasteiger partial charge >= 0.3 is 0 Å². The van der Waals surface area contributed by atoms with Gasteiger partial charge in [-0.05, 0) is 24.4 Å². The normalized spacial score (nSPS) is 10.5. The van der Waals surface area contributed by atoms with Crippen molar-refractivity contribution in [3.63, 3.8) is 0 Å². The maximum atomic E-state index is 14.5. The molecule has 1 aromatic carbocycles. The molecule has 0 radical (unpaired) electrons. The van der Waals surface area contributed by atoms with Crippen LogP contribution in [0.4, 0.5) is 4.39 Å². The van der Waals surface area contributed by atoms with Gasteiger partial charge in [0.2, 0.25) is 0 Å². The Kier molecular flexibility index (Phi) is 5.38. The lowest BCUT2D eigenvalue weighted by molar-refractivity contribution is 0.0701. The minimum atomic E-state index is -0.789. The van der Waals surface area contributed by atoms with E-state index in [1.807, 2.05) is 0 Å². The first-order chi connectivity index (χ1) is 13.0. The molecule has 0 atom stereocenters. The van der Waals surface area contributed by atoms with Crippen molar-refractivity contribution in [1.29, 1.82) is 0 Å². The fraction of sp³-hybridized carbons (Fsp3) is 0.133. The number of amides is 1. The number of hydroxylamine groups is 1. The van der Waals surface area contributed by atoms with Gasteiger partial charge in [0.1, 0.15) is 23.5 Å². The molecule has 27 heavy (non-hydrogen) atoms. The first-order valence-electron chi connectivity index (χ1n) is 7.53. The van der Waals surface area contributed by atoms with Gasteiger partial charge in [-0.25, -0.2) is 19.5 Å². The number of aromatic nitrogens is 5. The second-order valence-electron chi connectivity index (χ2n) is 5.24. The van der Waals surface area contributed by atoms with Crippen molar-refractivity contribution in [2.75, 3.05) is 7.11 Å². The van der Waals surface area contributed by atoms with Crippen LogP contribution in [0.15, 0.2) is 36.9 Å². The Hall–Kier alpha value is -3.38. The molecule has 12 heteroatoms. The third kappa shape index (κ3) is 4.07. The highest BCUT2D eigenvalue weighted by molar-refractivity contribution is 7.80. The minimum Gasteiger partial charge on any atom is -0.474 e. The lowest BCUT2D eigenvalue weighted by Crippen LogP contribution is -2.22. The van der Waals surface area contributed by atoms with E-state index in [1.165, 1.54) is 46.5 Å². The van der Waals surface area contributed by atoms with Crippen molar-refractivity contribution in [1.82, 2.24) is 35.3 Å². The van der Waals surface area contributed by atoms with Crippen LogP contribution in [-0.2, 0) is 11.3 Å². The summed E-state index contributed by atoms with van der Waals surface area (Å²) in [5, 5.41) is 19.6. The summed E-state index contributed by atoms with van der Waals surface area (Å²) in [6, 6.07) is 4.41. The smallest absolute Gasteiger partial charge is 0.294 e. The van der Waals surface area contributed by atoms with E-state index in [1.54, 1.807) is 12.3 Å². The molecule has 0 spiro atoms. The van der Waals surface area contributed by atoms with Crippen molar-refractivity contribution in [2.24, 2.45) is 0 Å². The van der Waals surface area contributed by atoms with E-state index >= 15 is 0 Å². The first kappa shape index (κ1) is 18.4. The third-order valence-corrected chi connectivity index (χ3v) is 3.84. The largest absolute Gasteiger partial charge is 0.474 e. The molecule has 0 saturated heterocycles. The maximum Gasteiger partial charge on any atom is 0.294 e. The van der Waals surface area contributed by atoms with E-state index in [-0.39, 0.29) is 16.6 Å². The molecule has 0 aliphatic heterocycles. The summed E-state index contributed by atoms with van der Waals surface area (Å²) in [5.41, 5.74) is 2.64. The summed E-state index contributed by atoms with van der Waals surface area (Å²) in [7, 11) is 1.45. The Labute approximate surface area is 157 Å². The summed E-state index contributed by atoms with van der Waals surface area (Å²) in [5.74, 6) is -1.35. The highest BCUT2D eigenvalue weighted by Gasteiger charge is 2.12. The van der Waals surface area contributed by atoms with E-state index in [2.05, 4.69) is 20.6 Å². The van der Waals surface area contributed by atoms with E-state index < -0.39 is 11.7 Å². The first-order valence-corrected chi connectivity index (χ1v) is 7.94. The van der Waals surface area contributed by atoms with Crippen molar-refractivity contribution in [3.05, 3.63) is 54.1 Å². The minimum absolute atomic E-state index is 0.0524. The summed E-state index contributed by atoms with van der Waals surface area (Å²) < 4.78 is 22.1. The Morgan fingerprint density at radius 3 is 2.93 bits per heavy atom. The number of halogens is 1. The van der Waals surface area contributed by atoms with Gasteiger partial charge in [-0.2, -0.15) is 0 Å². The van der Waals surface area contributed by atoms with Crippen LogP contribution in [-0.4, -0.2) is 47.9 Å². The van der Waals surface area contributed by atoms with Gasteiger partial charge in [-0.3, -0.25) is 10.0 Å². The number of hydrogen-bond donors (Lipinski definition) is 3. The van der Waals surface area contributed by atoms with Crippen LogP contribution in [0.25, 0.3) is 11.4 Å². The lowest BCUT2D eigenvalue weighted by atomic mass is 10.2. The van der Waals surface area contributed by atoms with E-state index in [0.717, 1.165) is 0 Å². The number of carbonyl (C=O) groups is 1. The van der Waals surface area contributed by atoms with Crippen molar-refractivity contribution < 1.29 is 19.1 Å². The molecule has 0 saturated carbocycles. The second kappa shape index (κ2) is 7.88. The number of imidazole rings is 1. The third-order valence-electron chi connectivity index (χ3n) is 3.53. The maximum absolute atomic E-state index is 14.5. The molecule has 10 nitrogen and oxygen atoms in total. The molecule has 3 aromatic rings. The second-order valence-corrected chi connectivity index (χ2v) is 5.61. The standard InChI is InChI=1S/C15H14FN7O3S/c1-26-15(27)17-5-9-6-23(21-19-9)10-2-3-13(11(16)4-10)22-7-12(18-8-22)14(24)20-25/h2-4,6-8,25H,5H2,1H3,(H,17,27)(H,20,24). The highest BCUT2D eigenvalue weighted by Crippen LogP contribution is 2.18. The summed E-state index contributed by atoms with van der Waals surface area (Å²) >= 11 is 4.87. The zero-order chi connectivity index (χ0) is 19.4. The van der Waals surface area contributed by atoms with E-state index in [4.69, 9.17) is 22.2 Å². The van der Waals surface area contributed by atoms with Crippen molar-refractivity contribution in [3.8, 4) is 11.4 Å². The Bertz CT molecular complexity index is 987. The molecule has 3 N–H and O–H groups in total. The molecule has 0 aliphatic carbocycles. The lowest BCUT2D eigenvalue weighted by Gasteiger charge is -2.06. The summed E-state index contributed by atoms with van der Waals surface area (Å²) in [6.07, 6.45) is 4.18. The molecule has 0 bridgehead atoms. The fourth-order valence-electron chi connectivity index (χ4n) is 2.22. The van der Waals surface area contributed by atoms with Crippen LogP contribution in [0.5, 0.6) is 0 Å². The van der Waals surface area contributed by atoms with E-state index in [9.17, 15) is 9.18 Å².